The maximum Gasteiger partial charge on any atom is 0.0225 e. The van der Waals surface area contributed by atoms with Crippen LogP contribution in [0.5, 0.6) is 0 Å². The first kappa shape index (κ1) is 10.1. The molecule has 1 saturated carbocycles. The summed E-state index contributed by atoms with van der Waals surface area (Å²) in [7, 11) is 0. The minimum atomic E-state index is 0.439. The second-order valence-electron chi connectivity index (χ2n) is 7.05. The molecule has 0 aromatic rings. The zero-order valence-electron chi connectivity index (χ0n) is 10.7. The van der Waals surface area contributed by atoms with Gasteiger partial charge in [0.05, 0.1) is 0 Å². The number of fused-ring (bicyclic) bond motifs is 3. The Morgan fingerprint density at radius 2 is 1.67 bits per heavy atom. The van der Waals surface area contributed by atoms with Gasteiger partial charge in [0.1, 0.15) is 0 Å². The molecular formula is C14H25N. The Balaban J connectivity index is 1.90. The lowest BCUT2D eigenvalue weighted by atomic mass is 9.59. The number of rotatable bonds is 0. The third kappa shape index (κ3) is 1.03. The van der Waals surface area contributed by atoms with Crippen molar-refractivity contribution in [1.29, 1.82) is 0 Å². The smallest absolute Gasteiger partial charge is 0.0225 e. The van der Waals surface area contributed by atoms with E-state index < -0.39 is 0 Å². The van der Waals surface area contributed by atoms with Gasteiger partial charge in [-0.15, -0.1) is 0 Å². The van der Waals surface area contributed by atoms with Crippen LogP contribution in [0, 0.1) is 11.3 Å². The predicted octanol–water partition coefficient (Wildman–Crippen LogP) is 3.44. The van der Waals surface area contributed by atoms with Crippen LogP contribution in [0.3, 0.4) is 0 Å². The highest BCUT2D eigenvalue weighted by Gasteiger charge is 2.66. The van der Waals surface area contributed by atoms with Crippen LogP contribution in [0.4, 0.5) is 0 Å². The average Bonchev–Trinajstić information content (AvgIpc) is 2.55. The predicted molar refractivity (Wildman–Crippen MR) is 63.9 cm³/mol. The summed E-state index contributed by atoms with van der Waals surface area (Å²) >= 11 is 0. The maximum absolute atomic E-state index is 2.87. The van der Waals surface area contributed by atoms with Gasteiger partial charge in [-0.2, -0.15) is 0 Å². The zero-order valence-corrected chi connectivity index (χ0v) is 10.7. The molecule has 0 bridgehead atoms. The van der Waals surface area contributed by atoms with E-state index in [-0.39, 0.29) is 0 Å². The Morgan fingerprint density at radius 1 is 1.00 bits per heavy atom. The van der Waals surface area contributed by atoms with E-state index in [0.717, 1.165) is 18.0 Å². The minimum absolute atomic E-state index is 0.439. The van der Waals surface area contributed by atoms with Gasteiger partial charge in [-0.1, -0.05) is 26.7 Å². The van der Waals surface area contributed by atoms with Crippen LogP contribution < -0.4 is 0 Å². The first-order chi connectivity index (χ1) is 6.96. The lowest BCUT2D eigenvalue weighted by Crippen LogP contribution is -2.74. The fourth-order valence-corrected chi connectivity index (χ4v) is 4.58. The molecule has 1 heteroatoms. The molecule has 0 aromatic heterocycles. The highest BCUT2D eigenvalue weighted by molar-refractivity contribution is 5.20. The molecule has 2 aliphatic heterocycles. The first-order valence-electron chi connectivity index (χ1n) is 6.75. The van der Waals surface area contributed by atoms with Crippen LogP contribution in [-0.4, -0.2) is 22.5 Å². The maximum atomic E-state index is 2.87. The van der Waals surface area contributed by atoms with Gasteiger partial charge in [0.15, 0.2) is 0 Å². The van der Waals surface area contributed by atoms with Crippen molar-refractivity contribution in [2.24, 2.45) is 11.3 Å². The van der Waals surface area contributed by atoms with Crippen molar-refractivity contribution < 1.29 is 0 Å². The summed E-state index contributed by atoms with van der Waals surface area (Å²) < 4.78 is 0. The van der Waals surface area contributed by atoms with Crippen molar-refractivity contribution in [2.45, 2.75) is 77.4 Å². The molecular weight excluding hydrogens is 182 g/mol. The van der Waals surface area contributed by atoms with Crippen molar-refractivity contribution in [1.82, 2.24) is 4.90 Å². The molecule has 1 aliphatic carbocycles. The van der Waals surface area contributed by atoms with Gasteiger partial charge < -0.3 is 0 Å². The SMILES string of the molecule is CC1(C)C2CC3CCCCC3N2C1(C)C. The molecule has 15 heavy (non-hydrogen) atoms. The topological polar surface area (TPSA) is 3.24 Å². The molecule has 0 spiro atoms. The third-order valence-electron chi connectivity index (χ3n) is 6.14. The van der Waals surface area contributed by atoms with Gasteiger partial charge in [-0.3, -0.25) is 4.90 Å². The summed E-state index contributed by atoms with van der Waals surface area (Å²) in [6, 6.07) is 1.83. The van der Waals surface area contributed by atoms with Crippen molar-refractivity contribution in [3.63, 3.8) is 0 Å². The van der Waals surface area contributed by atoms with Gasteiger partial charge in [0.2, 0.25) is 0 Å². The van der Waals surface area contributed by atoms with E-state index in [9.17, 15) is 0 Å². The van der Waals surface area contributed by atoms with Crippen LogP contribution in [0.15, 0.2) is 0 Å². The molecule has 2 heterocycles. The molecule has 3 fully saturated rings. The van der Waals surface area contributed by atoms with E-state index in [2.05, 4.69) is 32.6 Å². The number of nitrogens with zero attached hydrogens (tertiary/aromatic N) is 1. The van der Waals surface area contributed by atoms with Gasteiger partial charge in [0, 0.05) is 17.6 Å². The van der Waals surface area contributed by atoms with Gasteiger partial charge in [0.25, 0.3) is 0 Å². The van der Waals surface area contributed by atoms with Crippen LogP contribution >= 0.6 is 0 Å². The van der Waals surface area contributed by atoms with Crippen LogP contribution in [0.25, 0.3) is 0 Å². The lowest BCUT2D eigenvalue weighted by molar-refractivity contribution is -0.174. The Bertz CT molecular complexity index is 277. The fraction of sp³-hybridized carbons (Fsp3) is 1.00. The van der Waals surface area contributed by atoms with Gasteiger partial charge >= 0.3 is 0 Å². The molecule has 86 valence electrons. The van der Waals surface area contributed by atoms with E-state index in [1.54, 1.807) is 0 Å². The van der Waals surface area contributed by atoms with E-state index in [1.165, 1.54) is 32.1 Å². The van der Waals surface area contributed by atoms with Crippen LogP contribution in [-0.2, 0) is 0 Å². The Morgan fingerprint density at radius 3 is 2.40 bits per heavy atom. The normalized spacial score (nSPS) is 46.8. The highest BCUT2D eigenvalue weighted by Crippen LogP contribution is 2.61. The summed E-state index contributed by atoms with van der Waals surface area (Å²) in [5.74, 6) is 1.03. The quantitative estimate of drug-likeness (QED) is 0.588. The lowest BCUT2D eigenvalue weighted by Gasteiger charge is -2.67. The van der Waals surface area contributed by atoms with E-state index in [0.29, 0.717) is 11.0 Å². The molecule has 0 radical (unpaired) electrons. The summed E-state index contributed by atoms with van der Waals surface area (Å²) in [4.78, 5) is 2.87. The van der Waals surface area contributed by atoms with E-state index in [4.69, 9.17) is 0 Å². The van der Waals surface area contributed by atoms with Crippen molar-refractivity contribution in [3.05, 3.63) is 0 Å². The summed E-state index contributed by atoms with van der Waals surface area (Å²) in [6.45, 7) is 9.87. The number of hydrogen-bond donors (Lipinski definition) is 0. The molecule has 1 nitrogen and oxygen atoms in total. The Hall–Kier alpha value is -0.0400. The summed E-state index contributed by atoms with van der Waals surface area (Å²) in [5, 5.41) is 0. The number of hydrogen-bond acceptors (Lipinski definition) is 1. The highest BCUT2D eigenvalue weighted by atomic mass is 15.4. The van der Waals surface area contributed by atoms with Crippen LogP contribution in [0.1, 0.15) is 59.8 Å². The minimum Gasteiger partial charge on any atom is -0.291 e. The summed E-state index contributed by atoms with van der Waals surface area (Å²) in [6.07, 6.45) is 7.43. The molecule has 0 amide bonds. The van der Waals surface area contributed by atoms with Crippen molar-refractivity contribution in [2.75, 3.05) is 0 Å². The van der Waals surface area contributed by atoms with Crippen molar-refractivity contribution in [3.8, 4) is 0 Å². The average molecular weight is 207 g/mol. The standard InChI is InChI=1S/C14H25N/c1-13(2)12-9-10-7-5-6-8-11(10)15(12)14(13,3)4/h10-12H,5-9H2,1-4H3. The Labute approximate surface area is 94.2 Å². The second kappa shape index (κ2) is 2.80. The van der Waals surface area contributed by atoms with Crippen LogP contribution in [0.2, 0.25) is 0 Å². The second-order valence-corrected chi connectivity index (χ2v) is 7.05. The molecule has 3 rings (SSSR count). The Kier molecular flexibility index (Phi) is 1.89. The van der Waals surface area contributed by atoms with Gasteiger partial charge in [-0.05, 0) is 44.4 Å². The molecule has 3 aliphatic rings. The molecule has 0 N–H and O–H groups in total. The monoisotopic (exact) mass is 207 g/mol. The first-order valence-corrected chi connectivity index (χ1v) is 6.75. The van der Waals surface area contributed by atoms with Crippen molar-refractivity contribution >= 4 is 0 Å². The van der Waals surface area contributed by atoms with Gasteiger partial charge in [-0.25, -0.2) is 0 Å². The zero-order chi connectivity index (χ0) is 10.8. The van der Waals surface area contributed by atoms with E-state index in [1.807, 2.05) is 0 Å². The molecule has 3 atom stereocenters. The molecule has 3 unspecified atom stereocenters. The van der Waals surface area contributed by atoms with E-state index >= 15 is 0 Å². The summed E-state index contributed by atoms with van der Waals surface area (Å²) in [5.41, 5.74) is 0.971. The third-order valence-corrected chi connectivity index (χ3v) is 6.14. The molecule has 2 saturated heterocycles. The largest absolute Gasteiger partial charge is 0.291 e. The fourth-order valence-electron chi connectivity index (χ4n) is 4.58. The molecule has 0 aromatic carbocycles.